The van der Waals surface area contributed by atoms with Crippen LogP contribution in [0.25, 0.3) is 0 Å². The van der Waals surface area contributed by atoms with Gasteiger partial charge >= 0.3 is 0 Å². The fourth-order valence-corrected chi connectivity index (χ4v) is 4.85. The second-order valence-electron chi connectivity index (χ2n) is 7.39. The van der Waals surface area contributed by atoms with Crippen LogP contribution in [0.3, 0.4) is 0 Å². The molecule has 12 atom stereocenters. The van der Waals surface area contributed by atoms with Crippen molar-refractivity contribution < 1.29 is 49.6 Å². The number of alkyl halides is 1. The van der Waals surface area contributed by atoms with Crippen molar-refractivity contribution in [1.29, 1.82) is 0 Å². The average Bonchev–Trinajstić information content (AvgIpc) is 2.77. The van der Waals surface area contributed by atoms with Crippen LogP contribution >= 0.6 is 11.6 Å². The average molecular weight is 399 g/mol. The van der Waals surface area contributed by atoms with E-state index in [1.54, 1.807) is 0 Å². The summed E-state index contributed by atoms with van der Waals surface area (Å²) >= 11 is 6.22. The van der Waals surface area contributed by atoms with Crippen LogP contribution in [-0.2, 0) is 18.9 Å². The zero-order chi connectivity index (χ0) is 18.8. The van der Waals surface area contributed by atoms with Crippen LogP contribution < -0.4 is 0 Å². The van der Waals surface area contributed by atoms with Gasteiger partial charge in [-0.15, -0.1) is 11.6 Å². The van der Waals surface area contributed by atoms with E-state index >= 15 is 0 Å². The van der Waals surface area contributed by atoms with Gasteiger partial charge < -0.3 is 49.6 Å². The first-order valence-electron chi connectivity index (χ1n) is 8.55. The van der Waals surface area contributed by atoms with Crippen molar-refractivity contribution in [3.8, 4) is 0 Å². The van der Waals surface area contributed by atoms with Gasteiger partial charge in [0, 0.05) is 18.3 Å². The van der Waals surface area contributed by atoms with Gasteiger partial charge in [-0.2, -0.15) is 0 Å². The molecular formula is C15H23ClO10. The number of fused-ring (bicyclic) bond motifs is 2. The Hall–Kier alpha value is -0.110. The molecule has 6 N–H and O–H groups in total. The smallest absolute Gasteiger partial charge is 0.189 e. The van der Waals surface area contributed by atoms with E-state index in [1.165, 1.54) is 0 Å². The van der Waals surface area contributed by atoms with E-state index in [4.69, 9.17) is 30.5 Å². The van der Waals surface area contributed by atoms with Crippen LogP contribution in [0, 0.1) is 11.8 Å². The van der Waals surface area contributed by atoms with Crippen LogP contribution in [0.1, 0.15) is 6.42 Å². The molecule has 0 aromatic carbocycles. The first-order valence-corrected chi connectivity index (χ1v) is 8.99. The quantitative estimate of drug-likeness (QED) is 0.268. The number of ether oxygens (including phenoxy) is 4. The summed E-state index contributed by atoms with van der Waals surface area (Å²) in [5.74, 6) is -1.19. The van der Waals surface area contributed by atoms with Gasteiger partial charge in [0.2, 0.25) is 0 Å². The summed E-state index contributed by atoms with van der Waals surface area (Å²) in [5, 5.41) is 59.5. The maximum absolute atomic E-state index is 11.0. The van der Waals surface area contributed by atoms with Gasteiger partial charge in [-0.1, -0.05) is 0 Å². The Bertz CT molecular complexity index is 537. The molecule has 1 saturated carbocycles. The first-order chi connectivity index (χ1) is 12.3. The summed E-state index contributed by atoms with van der Waals surface area (Å²) in [7, 11) is 0. The van der Waals surface area contributed by atoms with Crippen molar-refractivity contribution in [1.82, 2.24) is 0 Å². The van der Waals surface area contributed by atoms with Crippen molar-refractivity contribution >= 4 is 11.6 Å². The van der Waals surface area contributed by atoms with E-state index in [9.17, 15) is 30.6 Å². The molecular weight excluding hydrogens is 376 g/mol. The van der Waals surface area contributed by atoms with Gasteiger partial charge in [-0.05, 0) is 0 Å². The van der Waals surface area contributed by atoms with Crippen LogP contribution in [0.15, 0.2) is 0 Å². The van der Waals surface area contributed by atoms with Crippen molar-refractivity contribution in [2.75, 3.05) is 13.2 Å². The third-order valence-electron chi connectivity index (χ3n) is 5.92. The van der Waals surface area contributed by atoms with Gasteiger partial charge in [-0.25, -0.2) is 0 Å². The topological polar surface area (TPSA) is 158 Å². The molecule has 0 aromatic rings. The van der Waals surface area contributed by atoms with Crippen molar-refractivity contribution in [2.45, 2.75) is 66.8 Å². The fourth-order valence-electron chi connectivity index (χ4n) is 4.45. The third-order valence-corrected chi connectivity index (χ3v) is 6.55. The number of aliphatic hydroxyl groups is 6. The van der Waals surface area contributed by atoms with Crippen LogP contribution in [0.5, 0.6) is 0 Å². The normalized spacial score (nSPS) is 59.4. The third kappa shape index (κ3) is 2.72. The van der Waals surface area contributed by atoms with E-state index in [1.807, 2.05) is 0 Å². The molecule has 11 heteroatoms. The summed E-state index contributed by atoms with van der Waals surface area (Å²) in [4.78, 5) is 0. The Morgan fingerprint density at radius 2 is 1.73 bits per heavy atom. The predicted molar refractivity (Wildman–Crippen MR) is 81.7 cm³/mol. The van der Waals surface area contributed by atoms with Crippen molar-refractivity contribution in [3.63, 3.8) is 0 Å². The lowest BCUT2D eigenvalue weighted by atomic mass is 9.83. The summed E-state index contributed by atoms with van der Waals surface area (Å²) in [5.41, 5.74) is -1.60. The number of halogens is 1. The lowest BCUT2D eigenvalue weighted by Gasteiger charge is -2.44. The molecule has 26 heavy (non-hydrogen) atoms. The minimum absolute atomic E-state index is 0.140. The van der Waals surface area contributed by atoms with Crippen LogP contribution in [0.4, 0.5) is 0 Å². The number of hydrogen-bond donors (Lipinski definition) is 6. The maximum atomic E-state index is 11.0. The highest BCUT2D eigenvalue weighted by Gasteiger charge is 2.67. The highest BCUT2D eigenvalue weighted by atomic mass is 35.5. The van der Waals surface area contributed by atoms with Crippen LogP contribution in [-0.4, -0.2) is 104 Å². The molecule has 0 spiro atoms. The molecule has 0 amide bonds. The predicted octanol–water partition coefficient (Wildman–Crippen LogP) is -3.15. The Balaban J connectivity index is 1.57. The number of rotatable bonds is 3. The van der Waals surface area contributed by atoms with Gasteiger partial charge in [-0.3, -0.25) is 0 Å². The Kier molecular flexibility index (Phi) is 4.99. The van der Waals surface area contributed by atoms with Gasteiger partial charge in [0.15, 0.2) is 18.9 Å². The largest absolute Gasteiger partial charge is 0.394 e. The van der Waals surface area contributed by atoms with Gasteiger partial charge in [0.25, 0.3) is 0 Å². The van der Waals surface area contributed by atoms with E-state index in [0.29, 0.717) is 6.42 Å². The zero-order valence-electron chi connectivity index (χ0n) is 13.7. The Morgan fingerprint density at radius 1 is 1.00 bits per heavy atom. The second kappa shape index (κ2) is 6.75. The minimum atomic E-state index is -1.61. The fraction of sp³-hybridized carbons (Fsp3) is 1.00. The molecule has 150 valence electrons. The standard InChI is InChI=1S/C15H23ClO10/c16-12-8(18)4-1-6-23-3-15(12,22)7(4)13(25-6)26-14-11(21)10(20)9(19)5(2-17)24-14/h4-14,17-22H,1-3H2. The molecule has 0 aromatic heterocycles. The van der Waals surface area contributed by atoms with Crippen molar-refractivity contribution in [3.05, 3.63) is 0 Å². The molecule has 4 heterocycles. The molecule has 1 aliphatic carbocycles. The van der Waals surface area contributed by atoms with E-state index in [2.05, 4.69) is 0 Å². The molecule has 5 rings (SSSR count). The number of hydrogen-bond acceptors (Lipinski definition) is 10. The SMILES string of the molecule is OCC1OC(OC2OC3CC4C(O)C(Cl)C(O)(CO3)C24)C(O)C(O)C1O. The van der Waals surface area contributed by atoms with Crippen molar-refractivity contribution in [2.24, 2.45) is 11.8 Å². The highest BCUT2D eigenvalue weighted by Crippen LogP contribution is 2.54. The molecule has 10 nitrogen and oxygen atoms in total. The lowest BCUT2D eigenvalue weighted by molar-refractivity contribution is -0.370. The van der Waals surface area contributed by atoms with Crippen LogP contribution in [0.2, 0.25) is 0 Å². The molecule has 12 unspecified atom stereocenters. The summed E-state index contributed by atoms with van der Waals surface area (Å²) < 4.78 is 22.2. The Morgan fingerprint density at radius 3 is 2.42 bits per heavy atom. The molecule has 0 radical (unpaired) electrons. The molecule has 4 saturated heterocycles. The van der Waals surface area contributed by atoms with Gasteiger partial charge in [0.1, 0.15) is 30.0 Å². The summed E-state index contributed by atoms with van der Waals surface area (Å²) in [6, 6.07) is 0. The zero-order valence-corrected chi connectivity index (χ0v) is 14.4. The highest BCUT2D eigenvalue weighted by molar-refractivity contribution is 6.22. The second-order valence-corrected chi connectivity index (χ2v) is 7.86. The molecule has 5 fully saturated rings. The Labute approximate surface area is 153 Å². The summed E-state index contributed by atoms with van der Waals surface area (Å²) in [6.07, 6.45) is -9.81. The number of aliphatic hydroxyl groups excluding tert-OH is 5. The molecule has 4 bridgehead atoms. The van der Waals surface area contributed by atoms with E-state index in [-0.39, 0.29) is 6.61 Å². The summed E-state index contributed by atoms with van der Waals surface area (Å²) in [6.45, 7) is -0.737. The lowest BCUT2D eigenvalue weighted by Crippen LogP contribution is -2.61. The van der Waals surface area contributed by atoms with E-state index < -0.39 is 78.8 Å². The first kappa shape index (κ1) is 19.2. The minimum Gasteiger partial charge on any atom is -0.394 e. The van der Waals surface area contributed by atoms with E-state index in [0.717, 1.165) is 0 Å². The van der Waals surface area contributed by atoms with Gasteiger partial charge in [0.05, 0.1) is 24.7 Å². The molecule has 5 aliphatic rings. The monoisotopic (exact) mass is 398 g/mol. The maximum Gasteiger partial charge on any atom is 0.189 e. The molecule has 4 aliphatic heterocycles.